The van der Waals surface area contributed by atoms with E-state index in [1.165, 1.54) is 0 Å². The SMILES string of the molecule is CCNC(=NCc1ccc(OCCOC)cc1)NCCOCC.I. The lowest BCUT2D eigenvalue weighted by Crippen LogP contribution is -2.39. The average molecular weight is 451 g/mol. The molecular formula is C17H30IN3O3. The Morgan fingerprint density at radius 3 is 2.42 bits per heavy atom. The molecule has 0 spiro atoms. The monoisotopic (exact) mass is 451 g/mol. The zero-order chi connectivity index (χ0) is 16.8. The number of halogens is 1. The first-order valence-electron chi connectivity index (χ1n) is 8.10. The molecule has 2 N–H and O–H groups in total. The fourth-order valence-electron chi connectivity index (χ4n) is 1.83. The van der Waals surface area contributed by atoms with Gasteiger partial charge >= 0.3 is 0 Å². The highest BCUT2D eigenvalue weighted by atomic mass is 127. The molecule has 0 atom stereocenters. The van der Waals surface area contributed by atoms with Gasteiger partial charge in [-0.1, -0.05) is 12.1 Å². The summed E-state index contributed by atoms with van der Waals surface area (Å²) in [5.74, 6) is 1.64. The van der Waals surface area contributed by atoms with E-state index in [0.29, 0.717) is 26.4 Å². The van der Waals surface area contributed by atoms with Gasteiger partial charge in [0.05, 0.1) is 19.8 Å². The van der Waals surface area contributed by atoms with Crippen molar-refractivity contribution in [1.82, 2.24) is 10.6 Å². The van der Waals surface area contributed by atoms with Gasteiger partial charge in [-0.15, -0.1) is 24.0 Å². The first kappa shape index (κ1) is 22.9. The molecule has 0 amide bonds. The Morgan fingerprint density at radius 1 is 1.04 bits per heavy atom. The molecule has 0 bridgehead atoms. The van der Waals surface area contributed by atoms with Crippen LogP contribution < -0.4 is 15.4 Å². The second kappa shape index (κ2) is 15.5. The Balaban J connectivity index is 0.00000529. The van der Waals surface area contributed by atoms with Gasteiger partial charge in [-0.25, -0.2) is 4.99 Å². The molecule has 1 rings (SSSR count). The zero-order valence-electron chi connectivity index (χ0n) is 14.8. The molecule has 6 nitrogen and oxygen atoms in total. The van der Waals surface area contributed by atoms with Crippen LogP contribution in [0.4, 0.5) is 0 Å². The van der Waals surface area contributed by atoms with E-state index in [1.54, 1.807) is 7.11 Å². The van der Waals surface area contributed by atoms with E-state index in [1.807, 2.05) is 38.1 Å². The number of benzene rings is 1. The Kier molecular flexibility index (Phi) is 14.8. The third-order valence-electron chi connectivity index (χ3n) is 2.99. The topological polar surface area (TPSA) is 64.1 Å². The van der Waals surface area contributed by atoms with Crippen LogP contribution in [0.2, 0.25) is 0 Å². The van der Waals surface area contributed by atoms with Gasteiger partial charge < -0.3 is 24.8 Å². The van der Waals surface area contributed by atoms with Crippen molar-refractivity contribution >= 4 is 29.9 Å². The van der Waals surface area contributed by atoms with Crippen molar-refractivity contribution in [3.05, 3.63) is 29.8 Å². The van der Waals surface area contributed by atoms with Crippen LogP contribution in [0.15, 0.2) is 29.3 Å². The van der Waals surface area contributed by atoms with Gasteiger partial charge in [0.25, 0.3) is 0 Å². The van der Waals surface area contributed by atoms with E-state index in [4.69, 9.17) is 14.2 Å². The number of methoxy groups -OCH3 is 1. The molecular weight excluding hydrogens is 421 g/mol. The first-order chi connectivity index (χ1) is 11.3. The summed E-state index contributed by atoms with van der Waals surface area (Å²) >= 11 is 0. The number of aliphatic imine (C=N–C) groups is 1. The summed E-state index contributed by atoms with van der Waals surface area (Å²) < 4.78 is 15.8. The smallest absolute Gasteiger partial charge is 0.191 e. The molecule has 1 aromatic rings. The predicted molar refractivity (Wildman–Crippen MR) is 109 cm³/mol. The molecule has 0 radical (unpaired) electrons. The molecule has 0 aliphatic carbocycles. The minimum absolute atomic E-state index is 0. The lowest BCUT2D eigenvalue weighted by atomic mass is 10.2. The number of hydrogen-bond donors (Lipinski definition) is 2. The van der Waals surface area contributed by atoms with Gasteiger partial charge in [0.15, 0.2) is 5.96 Å². The maximum atomic E-state index is 5.54. The largest absolute Gasteiger partial charge is 0.491 e. The van der Waals surface area contributed by atoms with Gasteiger partial charge in [-0.05, 0) is 31.5 Å². The first-order valence-corrected chi connectivity index (χ1v) is 8.10. The Hall–Kier alpha value is -1.06. The van der Waals surface area contributed by atoms with E-state index in [9.17, 15) is 0 Å². The molecule has 138 valence electrons. The second-order valence-electron chi connectivity index (χ2n) is 4.80. The number of ether oxygens (including phenoxy) is 3. The van der Waals surface area contributed by atoms with Crippen molar-refractivity contribution in [2.75, 3.05) is 46.6 Å². The van der Waals surface area contributed by atoms with E-state index in [2.05, 4.69) is 15.6 Å². The van der Waals surface area contributed by atoms with E-state index >= 15 is 0 Å². The minimum atomic E-state index is 0. The molecule has 24 heavy (non-hydrogen) atoms. The van der Waals surface area contributed by atoms with Gasteiger partial charge in [0.2, 0.25) is 0 Å². The number of hydrogen-bond acceptors (Lipinski definition) is 4. The van der Waals surface area contributed by atoms with Crippen LogP contribution in [0.1, 0.15) is 19.4 Å². The van der Waals surface area contributed by atoms with E-state index in [-0.39, 0.29) is 24.0 Å². The third-order valence-corrected chi connectivity index (χ3v) is 2.99. The fraction of sp³-hybridized carbons (Fsp3) is 0.588. The van der Waals surface area contributed by atoms with Crippen LogP contribution in [0.25, 0.3) is 0 Å². The van der Waals surface area contributed by atoms with Crippen molar-refractivity contribution in [2.45, 2.75) is 20.4 Å². The minimum Gasteiger partial charge on any atom is -0.491 e. The number of rotatable bonds is 11. The predicted octanol–water partition coefficient (Wildman–Crippen LogP) is 2.42. The van der Waals surface area contributed by atoms with Crippen LogP contribution >= 0.6 is 24.0 Å². The Morgan fingerprint density at radius 2 is 1.79 bits per heavy atom. The van der Waals surface area contributed by atoms with Gasteiger partial charge in [-0.3, -0.25) is 0 Å². The molecule has 1 aromatic carbocycles. The molecule has 0 saturated carbocycles. The molecule has 0 fully saturated rings. The Labute approximate surface area is 162 Å². The van der Waals surface area contributed by atoms with Gasteiger partial charge in [0, 0.05) is 26.8 Å². The molecule has 0 aromatic heterocycles. The molecule has 0 heterocycles. The normalized spacial score (nSPS) is 10.9. The summed E-state index contributed by atoms with van der Waals surface area (Å²) in [4.78, 5) is 4.56. The third kappa shape index (κ3) is 10.7. The van der Waals surface area contributed by atoms with Crippen molar-refractivity contribution in [1.29, 1.82) is 0 Å². The highest BCUT2D eigenvalue weighted by molar-refractivity contribution is 14.0. The molecule has 0 unspecified atom stereocenters. The van der Waals surface area contributed by atoms with Crippen LogP contribution in [-0.4, -0.2) is 52.6 Å². The Bertz CT molecular complexity index is 441. The van der Waals surface area contributed by atoms with Crippen molar-refractivity contribution in [3.63, 3.8) is 0 Å². The summed E-state index contributed by atoms with van der Waals surface area (Å²) in [5.41, 5.74) is 1.13. The number of guanidine groups is 1. The maximum absolute atomic E-state index is 5.54. The highest BCUT2D eigenvalue weighted by Crippen LogP contribution is 2.12. The standard InChI is InChI=1S/C17H29N3O3.HI/c1-4-18-17(19-10-11-22-5-2)20-14-15-6-8-16(9-7-15)23-13-12-21-3;/h6-9H,4-5,10-14H2,1-3H3,(H2,18,19,20);1H. The molecule has 0 aliphatic heterocycles. The summed E-state index contributed by atoms with van der Waals surface area (Å²) in [6, 6.07) is 7.96. The molecule has 0 aliphatic rings. The van der Waals surface area contributed by atoms with E-state index < -0.39 is 0 Å². The van der Waals surface area contributed by atoms with Crippen molar-refractivity contribution in [3.8, 4) is 5.75 Å². The summed E-state index contributed by atoms with van der Waals surface area (Å²) in [6.45, 7) is 8.77. The van der Waals surface area contributed by atoms with Crippen LogP contribution in [0, 0.1) is 0 Å². The quantitative estimate of drug-likeness (QED) is 0.234. The van der Waals surface area contributed by atoms with Crippen molar-refractivity contribution in [2.24, 2.45) is 4.99 Å². The fourth-order valence-corrected chi connectivity index (χ4v) is 1.83. The summed E-state index contributed by atoms with van der Waals surface area (Å²) in [7, 11) is 1.66. The van der Waals surface area contributed by atoms with Gasteiger partial charge in [-0.2, -0.15) is 0 Å². The molecule has 0 saturated heterocycles. The second-order valence-corrected chi connectivity index (χ2v) is 4.80. The molecule has 7 heteroatoms. The van der Waals surface area contributed by atoms with Gasteiger partial charge in [0.1, 0.15) is 12.4 Å². The van der Waals surface area contributed by atoms with Crippen LogP contribution in [0.5, 0.6) is 5.75 Å². The lowest BCUT2D eigenvalue weighted by Gasteiger charge is -2.11. The van der Waals surface area contributed by atoms with Crippen LogP contribution in [-0.2, 0) is 16.0 Å². The zero-order valence-corrected chi connectivity index (χ0v) is 17.2. The number of nitrogens with zero attached hydrogens (tertiary/aromatic N) is 1. The highest BCUT2D eigenvalue weighted by Gasteiger charge is 1.98. The van der Waals surface area contributed by atoms with Crippen LogP contribution in [0.3, 0.4) is 0 Å². The summed E-state index contributed by atoms with van der Waals surface area (Å²) in [5, 5.41) is 6.47. The van der Waals surface area contributed by atoms with Crippen molar-refractivity contribution < 1.29 is 14.2 Å². The van der Waals surface area contributed by atoms with E-state index in [0.717, 1.165) is 37.0 Å². The maximum Gasteiger partial charge on any atom is 0.191 e. The lowest BCUT2D eigenvalue weighted by molar-refractivity contribution is 0.146. The summed E-state index contributed by atoms with van der Waals surface area (Å²) in [6.07, 6.45) is 0. The average Bonchev–Trinajstić information content (AvgIpc) is 2.58. The number of nitrogens with one attached hydrogen (secondary N) is 2.